The van der Waals surface area contributed by atoms with E-state index in [2.05, 4.69) is 5.32 Å². The smallest absolute Gasteiger partial charge is 0.342 e. The summed E-state index contributed by atoms with van der Waals surface area (Å²) in [6.07, 6.45) is 0. The largest absolute Gasteiger partial charge is 0.465 e. The number of ether oxygens (including phenoxy) is 1. The lowest BCUT2D eigenvalue weighted by atomic mass is 10.0. The number of rotatable bonds is 4. The Morgan fingerprint density at radius 1 is 1.11 bits per heavy atom. The van der Waals surface area contributed by atoms with E-state index in [9.17, 15) is 18.0 Å². The summed E-state index contributed by atoms with van der Waals surface area (Å²) in [7, 11) is -2.74. The summed E-state index contributed by atoms with van der Waals surface area (Å²) in [6, 6.07) is 0. The van der Waals surface area contributed by atoms with Crippen molar-refractivity contribution in [2.24, 2.45) is 5.92 Å². The molecule has 0 atom stereocenters. The molecule has 0 spiro atoms. The summed E-state index contributed by atoms with van der Waals surface area (Å²) >= 11 is 0. The van der Waals surface area contributed by atoms with E-state index in [-0.39, 0.29) is 59.3 Å². The normalized spacial score (nSPS) is 18.6. The first-order valence-corrected chi connectivity index (χ1v) is 9.89. The van der Waals surface area contributed by atoms with Gasteiger partial charge in [-0.15, -0.1) is 12.4 Å². The number of halogens is 1. The van der Waals surface area contributed by atoms with Gasteiger partial charge in [-0.2, -0.15) is 4.31 Å². The van der Waals surface area contributed by atoms with Crippen molar-refractivity contribution >= 4 is 34.3 Å². The van der Waals surface area contributed by atoms with E-state index in [1.165, 1.54) is 25.3 Å². The van der Waals surface area contributed by atoms with Gasteiger partial charge in [-0.05, 0) is 13.8 Å². The van der Waals surface area contributed by atoms with Gasteiger partial charge in [-0.1, -0.05) is 0 Å². The number of nitrogens with zero attached hydrogens (tertiary/aromatic N) is 2. The number of sulfonamides is 1. The van der Waals surface area contributed by atoms with Gasteiger partial charge in [-0.25, -0.2) is 13.2 Å². The summed E-state index contributed by atoms with van der Waals surface area (Å²) in [4.78, 5) is 25.9. The average molecular weight is 422 g/mol. The molecule has 152 valence electrons. The number of methoxy groups -OCH3 is 1. The lowest BCUT2D eigenvalue weighted by Crippen LogP contribution is -2.57. The predicted molar refractivity (Wildman–Crippen MR) is 98.5 cm³/mol. The molecule has 0 unspecified atom stereocenters. The van der Waals surface area contributed by atoms with Crippen LogP contribution in [0.2, 0.25) is 0 Å². The highest BCUT2D eigenvalue weighted by molar-refractivity contribution is 7.89. The predicted octanol–water partition coefficient (Wildman–Crippen LogP) is 0.157. The molecular formula is C16H24ClN3O6S. The first-order chi connectivity index (χ1) is 12.3. The van der Waals surface area contributed by atoms with Crippen molar-refractivity contribution in [3.05, 3.63) is 17.1 Å². The number of piperazine rings is 1. The minimum absolute atomic E-state index is 0. The number of esters is 1. The molecule has 2 aliphatic rings. The first-order valence-electron chi connectivity index (χ1n) is 8.45. The van der Waals surface area contributed by atoms with Crippen molar-refractivity contribution < 1.29 is 27.2 Å². The van der Waals surface area contributed by atoms with E-state index < -0.39 is 16.0 Å². The topological polar surface area (TPSA) is 109 Å². The first kappa shape index (κ1) is 21.7. The molecule has 11 heteroatoms. The number of hydrogen-bond acceptors (Lipinski definition) is 7. The minimum Gasteiger partial charge on any atom is -0.465 e. The van der Waals surface area contributed by atoms with Gasteiger partial charge in [0.1, 0.15) is 22.0 Å². The van der Waals surface area contributed by atoms with Crippen molar-refractivity contribution in [1.82, 2.24) is 14.5 Å². The molecule has 0 bridgehead atoms. The molecule has 1 amide bonds. The third-order valence-corrected chi connectivity index (χ3v) is 6.93. The molecule has 27 heavy (non-hydrogen) atoms. The fourth-order valence-electron chi connectivity index (χ4n) is 3.31. The average Bonchev–Trinajstić information content (AvgIpc) is 2.87. The summed E-state index contributed by atoms with van der Waals surface area (Å²) in [5.74, 6) is -0.334. The highest BCUT2D eigenvalue weighted by atomic mass is 35.5. The quantitative estimate of drug-likeness (QED) is 0.689. The SMILES string of the molecule is COC(=O)c1c(C)oc(C)c1S(=O)(=O)N1CCN(C(=O)C2CNC2)CC1.Cl. The number of hydrogen-bond donors (Lipinski definition) is 1. The van der Waals surface area contributed by atoms with Crippen LogP contribution in [0.4, 0.5) is 0 Å². The molecule has 3 rings (SSSR count). The van der Waals surface area contributed by atoms with Gasteiger partial charge in [0.25, 0.3) is 0 Å². The number of carbonyl (C=O) groups excluding carboxylic acids is 2. The zero-order valence-corrected chi connectivity index (χ0v) is 17.1. The van der Waals surface area contributed by atoms with Crippen LogP contribution in [-0.4, -0.2) is 75.9 Å². The summed E-state index contributed by atoms with van der Waals surface area (Å²) in [5, 5.41) is 3.06. The Labute approximate surface area is 164 Å². The second-order valence-corrected chi connectivity index (χ2v) is 8.37. The van der Waals surface area contributed by atoms with Crippen LogP contribution in [-0.2, 0) is 19.6 Å². The van der Waals surface area contributed by atoms with Crippen LogP contribution >= 0.6 is 12.4 Å². The number of carbonyl (C=O) groups is 2. The Morgan fingerprint density at radius 3 is 2.19 bits per heavy atom. The zero-order chi connectivity index (χ0) is 19.1. The van der Waals surface area contributed by atoms with Crippen molar-refractivity contribution in [2.45, 2.75) is 18.7 Å². The lowest BCUT2D eigenvalue weighted by Gasteiger charge is -2.37. The summed E-state index contributed by atoms with van der Waals surface area (Å²) in [5.41, 5.74) is -0.0657. The van der Waals surface area contributed by atoms with Crippen LogP contribution in [0.3, 0.4) is 0 Å². The van der Waals surface area contributed by atoms with Gasteiger partial charge in [-0.3, -0.25) is 4.79 Å². The Kier molecular flexibility index (Phi) is 6.56. The lowest BCUT2D eigenvalue weighted by molar-refractivity contribution is -0.138. The van der Waals surface area contributed by atoms with Gasteiger partial charge in [0.05, 0.1) is 13.0 Å². The Balaban J connectivity index is 0.00000261. The molecule has 0 aromatic carbocycles. The molecule has 2 aliphatic heterocycles. The van der Waals surface area contributed by atoms with E-state index in [0.717, 1.165) is 0 Å². The molecule has 3 heterocycles. The second kappa shape index (κ2) is 8.17. The van der Waals surface area contributed by atoms with E-state index in [1.54, 1.807) is 4.90 Å². The van der Waals surface area contributed by atoms with Crippen LogP contribution in [0.15, 0.2) is 9.31 Å². The summed E-state index contributed by atoms with van der Waals surface area (Å²) < 4.78 is 37.5. The van der Waals surface area contributed by atoms with Gasteiger partial charge in [0, 0.05) is 39.3 Å². The summed E-state index contributed by atoms with van der Waals surface area (Å²) in [6.45, 7) is 5.41. The maximum absolute atomic E-state index is 13.1. The fraction of sp³-hybridized carbons (Fsp3) is 0.625. The van der Waals surface area contributed by atoms with Gasteiger partial charge < -0.3 is 19.4 Å². The van der Waals surface area contributed by atoms with E-state index >= 15 is 0 Å². The molecule has 0 saturated carbocycles. The molecule has 9 nitrogen and oxygen atoms in total. The van der Waals surface area contributed by atoms with Crippen molar-refractivity contribution in [3.63, 3.8) is 0 Å². The number of aryl methyl sites for hydroxylation is 2. The molecular weight excluding hydrogens is 398 g/mol. The third kappa shape index (κ3) is 3.84. The van der Waals surface area contributed by atoms with Crippen LogP contribution in [0.25, 0.3) is 0 Å². The Morgan fingerprint density at radius 2 is 1.70 bits per heavy atom. The highest BCUT2D eigenvalue weighted by Crippen LogP contribution is 2.30. The van der Waals surface area contributed by atoms with Gasteiger partial charge >= 0.3 is 5.97 Å². The molecule has 0 radical (unpaired) electrons. The number of furan rings is 1. The monoisotopic (exact) mass is 421 g/mol. The second-order valence-electron chi connectivity index (χ2n) is 6.49. The van der Waals surface area contributed by atoms with Crippen LogP contribution in [0.5, 0.6) is 0 Å². The Hall–Kier alpha value is -1.62. The maximum atomic E-state index is 13.1. The molecule has 2 saturated heterocycles. The minimum atomic E-state index is -3.93. The zero-order valence-electron chi connectivity index (χ0n) is 15.5. The van der Waals surface area contributed by atoms with Crippen molar-refractivity contribution in [3.8, 4) is 0 Å². The van der Waals surface area contributed by atoms with E-state index in [1.807, 2.05) is 0 Å². The number of amides is 1. The molecule has 1 aromatic rings. The van der Waals surface area contributed by atoms with E-state index in [0.29, 0.717) is 26.2 Å². The van der Waals surface area contributed by atoms with Crippen LogP contribution in [0.1, 0.15) is 21.9 Å². The van der Waals surface area contributed by atoms with Crippen molar-refractivity contribution in [1.29, 1.82) is 0 Å². The van der Waals surface area contributed by atoms with Crippen LogP contribution in [0, 0.1) is 19.8 Å². The van der Waals surface area contributed by atoms with Crippen LogP contribution < -0.4 is 5.32 Å². The van der Waals surface area contributed by atoms with Gasteiger partial charge in [0.2, 0.25) is 15.9 Å². The van der Waals surface area contributed by atoms with Crippen molar-refractivity contribution in [2.75, 3.05) is 46.4 Å². The Bertz CT molecular complexity index is 825. The number of nitrogens with one attached hydrogen (secondary N) is 1. The molecule has 1 N–H and O–H groups in total. The molecule has 1 aromatic heterocycles. The highest BCUT2D eigenvalue weighted by Gasteiger charge is 2.38. The third-order valence-electron chi connectivity index (χ3n) is 4.87. The van der Waals surface area contributed by atoms with Gasteiger partial charge in [0.15, 0.2) is 0 Å². The molecule has 2 fully saturated rings. The fourth-order valence-corrected chi connectivity index (χ4v) is 5.10. The maximum Gasteiger partial charge on any atom is 0.342 e. The standard InChI is InChI=1S/C16H23N3O6S.ClH/c1-10-13(16(21)24-3)14(11(2)25-10)26(22,23)19-6-4-18(5-7-19)15(20)12-8-17-9-12;/h12,17H,4-9H2,1-3H3;1H. The molecule has 0 aliphatic carbocycles. The van der Waals surface area contributed by atoms with E-state index in [4.69, 9.17) is 9.15 Å².